The van der Waals surface area contributed by atoms with Crippen LogP contribution in [-0.4, -0.2) is 24.0 Å². The second-order valence-electron chi connectivity index (χ2n) is 5.66. The van der Waals surface area contributed by atoms with Crippen molar-refractivity contribution in [2.24, 2.45) is 0 Å². The van der Waals surface area contributed by atoms with Crippen LogP contribution < -0.4 is 5.32 Å². The highest BCUT2D eigenvalue weighted by molar-refractivity contribution is 5.61. The molecule has 1 fully saturated rings. The van der Waals surface area contributed by atoms with E-state index in [0.717, 1.165) is 19.1 Å². The molecule has 0 radical (unpaired) electrons. The normalized spacial score (nSPS) is 23.7. The predicted molar refractivity (Wildman–Crippen MR) is 77.0 cm³/mol. The number of likely N-dealkylation sites (tertiary alicyclic amines) is 1. The van der Waals surface area contributed by atoms with E-state index >= 15 is 0 Å². The summed E-state index contributed by atoms with van der Waals surface area (Å²) >= 11 is 0. The summed E-state index contributed by atoms with van der Waals surface area (Å²) in [6.45, 7) is 5.86. The van der Waals surface area contributed by atoms with Crippen LogP contribution in [0, 0.1) is 0 Å². The third kappa shape index (κ3) is 2.26. The first kappa shape index (κ1) is 12.0. The first-order valence-corrected chi connectivity index (χ1v) is 7.47. The molecular formula is C16H24N2. The number of para-hydroxylation sites is 1. The minimum absolute atomic E-state index is 0.802. The van der Waals surface area contributed by atoms with E-state index in [1.807, 2.05) is 0 Å². The van der Waals surface area contributed by atoms with Crippen LogP contribution in [0.25, 0.3) is 0 Å². The Balaban J connectivity index is 1.77. The lowest BCUT2D eigenvalue weighted by Crippen LogP contribution is -2.38. The van der Waals surface area contributed by atoms with E-state index < -0.39 is 0 Å². The van der Waals surface area contributed by atoms with Crippen LogP contribution in [0.1, 0.15) is 43.7 Å². The van der Waals surface area contributed by atoms with E-state index in [1.54, 1.807) is 0 Å². The predicted octanol–water partition coefficient (Wildman–Crippen LogP) is 3.42. The molecule has 0 bridgehead atoms. The van der Waals surface area contributed by atoms with Crippen LogP contribution in [0.4, 0.5) is 5.69 Å². The topological polar surface area (TPSA) is 15.3 Å². The molecule has 0 amide bonds. The number of piperidine rings is 1. The van der Waals surface area contributed by atoms with Gasteiger partial charge in [0.05, 0.1) is 0 Å². The number of hydrogen-bond acceptors (Lipinski definition) is 2. The number of nitrogens with zero attached hydrogens (tertiary/aromatic N) is 1. The van der Waals surface area contributed by atoms with Gasteiger partial charge >= 0.3 is 0 Å². The molecule has 2 nitrogen and oxygen atoms in total. The fourth-order valence-corrected chi connectivity index (χ4v) is 3.49. The van der Waals surface area contributed by atoms with Gasteiger partial charge in [-0.25, -0.2) is 0 Å². The first-order chi connectivity index (χ1) is 8.88. The summed E-state index contributed by atoms with van der Waals surface area (Å²) in [4.78, 5) is 2.69. The van der Waals surface area contributed by atoms with Gasteiger partial charge in [0.25, 0.3) is 0 Å². The number of nitrogens with one attached hydrogen (secondary N) is 1. The molecule has 2 heterocycles. The van der Waals surface area contributed by atoms with Crippen molar-refractivity contribution in [3.05, 3.63) is 29.3 Å². The van der Waals surface area contributed by atoms with Gasteiger partial charge in [-0.15, -0.1) is 0 Å². The zero-order chi connectivity index (χ0) is 12.4. The lowest BCUT2D eigenvalue weighted by molar-refractivity contribution is 0.136. The van der Waals surface area contributed by atoms with Gasteiger partial charge in [-0.1, -0.05) is 31.5 Å². The largest absolute Gasteiger partial charge is 0.384 e. The summed E-state index contributed by atoms with van der Waals surface area (Å²) in [6, 6.07) is 7.60. The van der Waals surface area contributed by atoms with Gasteiger partial charge in [-0.05, 0) is 43.4 Å². The van der Waals surface area contributed by atoms with Crippen LogP contribution in [-0.2, 0) is 13.0 Å². The van der Waals surface area contributed by atoms with Gasteiger partial charge in [0.1, 0.15) is 0 Å². The summed E-state index contributed by atoms with van der Waals surface area (Å²) in [5, 5.41) is 3.56. The van der Waals surface area contributed by atoms with Crippen LogP contribution in [0.15, 0.2) is 18.2 Å². The Morgan fingerprint density at radius 1 is 1.33 bits per heavy atom. The quantitative estimate of drug-likeness (QED) is 0.876. The van der Waals surface area contributed by atoms with Crippen LogP contribution in [0.3, 0.4) is 0 Å². The Bertz CT molecular complexity index is 414. The molecule has 0 spiro atoms. The van der Waals surface area contributed by atoms with Crippen molar-refractivity contribution < 1.29 is 0 Å². The second kappa shape index (κ2) is 5.31. The number of fused-ring (bicyclic) bond motifs is 1. The SMILES string of the molecule is CCC1CCCCN1Cc1cccc2c1NCC2. The molecule has 1 aromatic carbocycles. The third-order valence-corrected chi connectivity index (χ3v) is 4.53. The van der Waals surface area contributed by atoms with Crippen LogP contribution in [0.2, 0.25) is 0 Å². The minimum Gasteiger partial charge on any atom is -0.384 e. The molecule has 0 aliphatic carbocycles. The van der Waals surface area contributed by atoms with Gasteiger partial charge < -0.3 is 5.32 Å². The highest BCUT2D eigenvalue weighted by atomic mass is 15.2. The average Bonchev–Trinajstić information content (AvgIpc) is 2.89. The Hall–Kier alpha value is -1.02. The molecule has 1 saturated heterocycles. The van der Waals surface area contributed by atoms with E-state index in [-0.39, 0.29) is 0 Å². The van der Waals surface area contributed by atoms with E-state index in [4.69, 9.17) is 0 Å². The molecule has 0 saturated carbocycles. The summed E-state index contributed by atoms with van der Waals surface area (Å²) in [5.74, 6) is 0. The van der Waals surface area contributed by atoms with Crippen molar-refractivity contribution >= 4 is 5.69 Å². The van der Waals surface area contributed by atoms with Crippen molar-refractivity contribution in [3.8, 4) is 0 Å². The molecule has 18 heavy (non-hydrogen) atoms. The maximum atomic E-state index is 3.56. The zero-order valence-corrected chi connectivity index (χ0v) is 11.4. The van der Waals surface area contributed by atoms with E-state index in [9.17, 15) is 0 Å². The lowest BCUT2D eigenvalue weighted by Gasteiger charge is -2.35. The summed E-state index contributed by atoms with van der Waals surface area (Å²) in [6.07, 6.45) is 6.67. The highest BCUT2D eigenvalue weighted by Crippen LogP contribution is 2.29. The molecule has 2 aliphatic heterocycles. The molecule has 1 atom stereocenters. The highest BCUT2D eigenvalue weighted by Gasteiger charge is 2.22. The summed E-state index contributed by atoms with van der Waals surface area (Å²) in [5.41, 5.74) is 4.45. The molecule has 1 aromatic rings. The minimum atomic E-state index is 0.802. The molecule has 0 aromatic heterocycles. The number of anilines is 1. The third-order valence-electron chi connectivity index (χ3n) is 4.53. The molecule has 1 N–H and O–H groups in total. The fourth-order valence-electron chi connectivity index (χ4n) is 3.49. The Morgan fingerprint density at radius 3 is 3.17 bits per heavy atom. The number of hydrogen-bond donors (Lipinski definition) is 1. The van der Waals surface area contributed by atoms with Gasteiger partial charge in [-0.3, -0.25) is 4.90 Å². The molecule has 1 unspecified atom stereocenters. The molecule has 2 aliphatic rings. The zero-order valence-electron chi connectivity index (χ0n) is 11.4. The van der Waals surface area contributed by atoms with Crippen molar-refractivity contribution in [3.63, 3.8) is 0 Å². The van der Waals surface area contributed by atoms with Crippen LogP contribution in [0.5, 0.6) is 0 Å². The monoisotopic (exact) mass is 244 g/mol. The van der Waals surface area contributed by atoms with E-state index in [1.165, 1.54) is 55.5 Å². The fraction of sp³-hybridized carbons (Fsp3) is 0.625. The van der Waals surface area contributed by atoms with Gasteiger partial charge in [-0.2, -0.15) is 0 Å². The van der Waals surface area contributed by atoms with Crippen molar-refractivity contribution in [1.82, 2.24) is 4.90 Å². The number of benzene rings is 1. The standard InChI is InChI=1S/C16H24N2/c1-2-15-8-3-4-11-18(15)12-14-7-5-6-13-9-10-17-16(13)14/h5-7,15,17H,2-4,8-12H2,1H3. The summed E-state index contributed by atoms with van der Waals surface area (Å²) in [7, 11) is 0. The van der Waals surface area contributed by atoms with Gasteiger partial charge in [0.15, 0.2) is 0 Å². The maximum Gasteiger partial charge on any atom is 0.0419 e. The Morgan fingerprint density at radius 2 is 2.28 bits per heavy atom. The lowest BCUT2D eigenvalue weighted by atomic mass is 9.98. The van der Waals surface area contributed by atoms with Crippen molar-refractivity contribution in [2.45, 2.75) is 51.6 Å². The van der Waals surface area contributed by atoms with Gasteiger partial charge in [0.2, 0.25) is 0 Å². The van der Waals surface area contributed by atoms with E-state index in [0.29, 0.717) is 0 Å². The first-order valence-electron chi connectivity index (χ1n) is 7.47. The van der Waals surface area contributed by atoms with E-state index in [2.05, 4.69) is 35.3 Å². The van der Waals surface area contributed by atoms with Crippen molar-refractivity contribution in [1.29, 1.82) is 0 Å². The molecule has 3 rings (SSSR count). The number of rotatable bonds is 3. The summed E-state index contributed by atoms with van der Waals surface area (Å²) < 4.78 is 0. The Kier molecular flexibility index (Phi) is 3.55. The second-order valence-corrected chi connectivity index (χ2v) is 5.66. The molecule has 2 heteroatoms. The maximum absolute atomic E-state index is 3.56. The molecule has 98 valence electrons. The average molecular weight is 244 g/mol. The Labute approximate surface area is 110 Å². The smallest absolute Gasteiger partial charge is 0.0419 e. The molecular weight excluding hydrogens is 220 g/mol. The van der Waals surface area contributed by atoms with Gasteiger partial charge in [0, 0.05) is 24.8 Å². The van der Waals surface area contributed by atoms with Crippen molar-refractivity contribution in [2.75, 3.05) is 18.4 Å². The van der Waals surface area contributed by atoms with Crippen LogP contribution >= 0.6 is 0 Å².